The first kappa shape index (κ1) is 23.5. The highest BCUT2D eigenvalue weighted by molar-refractivity contribution is 7.21. The molecular formula is C18H18F7N3O2S. The maximum absolute atomic E-state index is 13.9. The largest absolute Gasteiger partial charge is 0.417 e. The molecule has 13 heteroatoms. The second-order valence-electron chi connectivity index (χ2n) is 6.93. The maximum Gasteiger partial charge on any atom is 0.417 e. The van der Waals surface area contributed by atoms with E-state index in [4.69, 9.17) is 5.11 Å². The third-order valence-electron chi connectivity index (χ3n) is 4.56. The highest BCUT2D eigenvalue weighted by Crippen LogP contribution is 2.39. The fourth-order valence-electron chi connectivity index (χ4n) is 3.07. The Labute approximate surface area is 175 Å². The van der Waals surface area contributed by atoms with Crippen molar-refractivity contribution in [1.29, 1.82) is 0 Å². The molecule has 1 unspecified atom stereocenters. The summed E-state index contributed by atoms with van der Waals surface area (Å²) in [5, 5.41) is 18.3. The molecule has 0 radical (unpaired) electrons. The van der Waals surface area contributed by atoms with Crippen molar-refractivity contribution in [3.63, 3.8) is 0 Å². The number of fused-ring (bicyclic) bond motifs is 1. The number of benzene rings is 1. The zero-order valence-electron chi connectivity index (χ0n) is 15.7. The van der Waals surface area contributed by atoms with Crippen LogP contribution in [0, 0.1) is 0 Å². The molecule has 1 aromatic carbocycles. The van der Waals surface area contributed by atoms with Crippen LogP contribution < -0.4 is 10.6 Å². The third-order valence-corrected chi connectivity index (χ3v) is 5.78. The highest BCUT2D eigenvalue weighted by Gasteiger charge is 2.39. The van der Waals surface area contributed by atoms with Crippen LogP contribution in [-0.2, 0) is 11.3 Å². The summed E-state index contributed by atoms with van der Waals surface area (Å²) in [4.78, 5) is 4.44. The quantitative estimate of drug-likeness (QED) is 0.323. The average Bonchev–Trinajstić information content (AvgIpc) is 3.21. The van der Waals surface area contributed by atoms with Gasteiger partial charge in [-0.1, -0.05) is 17.3 Å². The van der Waals surface area contributed by atoms with Gasteiger partial charge in [0.2, 0.25) is 0 Å². The molecule has 3 N–H and O–H groups in total. The summed E-state index contributed by atoms with van der Waals surface area (Å²) in [5.41, 5.74) is 0.316. The van der Waals surface area contributed by atoms with E-state index in [1.165, 1.54) is 12.1 Å². The average molecular weight is 473 g/mol. The number of alkyl halides is 7. The monoisotopic (exact) mass is 473 g/mol. The van der Waals surface area contributed by atoms with Crippen molar-refractivity contribution in [3.8, 4) is 0 Å². The number of hydrogen-bond donors (Lipinski definition) is 3. The number of hydrogen-bond acceptors (Lipinski definition) is 6. The van der Waals surface area contributed by atoms with Gasteiger partial charge in [0.15, 0.2) is 12.7 Å². The van der Waals surface area contributed by atoms with Crippen molar-refractivity contribution < 1.29 is 40.7 Å². The van der Waals surface area contributed by atoms with Crippen LogP contribution in [0.15, 0.2) is 23.4 Å². The molecule has 0 spiro atoms. The van der Waals surface area contributed by atoms with Crippen molar-refractivity contribution in [2.45, 2.75) is 37.1 Å². The lowest BCUT2D eigenvalue weighted by atomic mass is 10.1. The first-order valence-corrected chi connectivity index (χ1v) is 9.90. The summed E-state index contributed by atoms with van der Waals surface area (Å²) in [6, 6.07) is 4.06. The molecule has 5 nitrogen and oxygen atoms in total. The SMILES string of the molecule is OC(CO/N=C/c1sc2c(N[C@@H]3CNC[C@@H]3F)cccc2c1CC(F)(F)F)C(F)(F)F. The lowest BCUT2D eigenvalue weighted by molar-refractivity contribution is -0.217. The summed E-state index contributed by atoms with van der Waals surface area (Å²) in [6.07, 6.45) is -13.8. The first-order chi connectivity index (χ1) is 14.5. The molecule has 0 saturated carbocycles. The van der Waals surface area contributed by atoms with Gasteiger partial charge in [0.05, 0.1) is 33.9 Å². The summed E-state index contributed by atoms with van der Waals surface area (Å²) in [5.74, 6) is 0. The van der Waals surface area contributed by atoms with Crippen LogP contribution in [0.5, 0.6) is 0 Å². The minimum absolute atomic E-state index is 0.0319. The molecule has 1 fully saturated rings. The van der Waals surface area contributed by atoms with E-state index in [-0.39, 0.29) is 22.4 Å². The number of thiophene rings is 1. The zero-order valence-corrected chi connectivity index (χ0v) is 16.5. The van der Waals surface area contributed by atoms with Crippen LogP contribution in [0.4, 0.5) is 36.4 Å². The van der Waals surface area contributed by atoms with Crippen LogP contribution in [0.3, 0.4) is 0 Å². The fraction of sp³-hybridized carbons (Fsp3) is 0.500. The summed E-state index contributed by atoms with van der Waals surface area (Å²) < 4.78 is 90.6. The molecule has 2 aromatic rings. The number of anilines is 1. The highest BCUT2D eigenvalue weighted by atomic mass is 32.1. The van der Waals surface area contributed by atoms with Gasteiger partial charge < -0.3 is 20.6 Å². The topological polar surface area (TPSA) is 65.9 Å². The van der Waals surface area contributed by atoms with Crippen LogP contribution in [0.25, 0.3) is 10.1 Å². The second kappa shape index (κ2) is 9.17. The Morgan fingerprint density at radius 2 is 2.00 bits per heavy atom. The molecule has 172 valence electrons. The van der Waals surface area contributed by atoms with E-state index in [0.29, 0.717) is 16.9 Å². The number of oxime groups is 1. The van der Waals surface area contributed by atoms with E-state index >= 15 is 0 Å². The van der Waals surface area contributed by atoms with E-state index in [0.717, 1.165) is 17.6 Å². The smallest absolute Gasteiger partial charge is 0.393 e. The van der Waals surface area contributed by atoms with Gasteiger partial charge in [-0.15, -0.1) is 11.3 Å². The van der Waals surface area contributed by atoms with Gasteiger partial charge in [-0.05, 0) is 17.0 Å². The number of aliphatic hydroxyl groups is 1. The number of nitrogens with one attached hydrogen (secondary N) is 2. The zero-order chi connectivity index (χ0) is 22.8. The number of aliphatic hydroxyl groups excluding tert-OH is 1. The molecule has 0 amide bonds. The van der Waals surface area contributed by atoms with E-state index in [2.05, 4.69) is 20.6 Å². The van der Waals surface area contributed by atoms with E-state index in [9.17, 15) is 30.7 Å². The Morgan fingerprint density at radius 1 is 1.26 bits per heavy atom. The third kappa shape index (κ3) is 5.98. The van der Waals surface area contributed by atoms with Crippen molar-refractivity contribution in [3.05, 3.63) is 28.6 Å². The van der Waals surface area contributed by atoms with Crippen molar-refractivity contribution in [2.75, 3.05) is 25.0 Å². The predicted octanol–water partition coefficient (Wildman–Crippen LogP) is 4.00. The molecule has 0 aliphatic carbocycles. The van der Waals surface area contributed by atoms with Crippen LogP contribution >= 0.6 is 11.3 Å². The minimum atomic E-state index is -4.90. The minimum Gasteiger partial charge on any atom is -0.393 e. The molecule has 0 bridgehead atoms. The van der Waals surface area contributed by atoms with Crippen molar-refractivity contribution in [1.82, 2.24) is 5.32 Å². The van der Waals surface area contributed by atoms with Crippen molar-refractivity contribution >= 4 is 33.3 Å². The number of rotatable bonds is 7. The Morgan fingerprint density at radius 3 is 2.61 bits per heavy atom. The lowest BCUT2D eigenvalue weighted by Crippen LogP contribution is -2.32. The summed E-state index contributed by atoms with van der Waals surface area (Å²) in [6.45, 7) is -0.683. The molecule has 1 aliphatic rings. The molecule has 3 rings (SSSR count). The van der Waals surface area contributed by atoms with Gasteiger partial charge in [-0.25, -0.2) is 4.39 Å². The van der Waals surface area contributed by atoms with Crippen LogP contribution in [0.2, 0.25) is 0 Å². The molecule has 1 aliphatic heterocycles. The van der Waals surface area contributed by atoms with Crippen LogP contribution in [0.1, 0.15) is 10.4 Å². The Hall–Kier alpha value is -2.12. The molecule has 1 saturated heterocycles. The number of nitrogens with zero attached hydrogens (tertiary/aromatic N) is 1. The number of halogens is 7. The summed E-state index contributed by atoms with van der Waals surface area (Å²) >= 11 is 0.921. The molecule has 2 heterocycles. The van der Waals surface area contributed by atoms with E-state index in [1.807, 2.05) is 0 Å². The second-order valence-corrected chi connectivity index (χ2v) is 7.98. The van der Waals surface area contributed by atoms with E-state index in [1.54, 1.807) is 6.07 Å². The molecule has 1 aromatic heterocycles. The van der Waals surface area contributed by atoms with Gasteiger partial charge in [0, 0.05) is 13.1 Å². The predicted molar refractivity (Wildman–Crippen MR) is 102 cm³/mol. The maximum atomic E-state index is 13.9. The van der Waals surface area contributed by atoms with Gasteiger partial charge in [-0.2, -0.15) is 26.3 Å². The summed E-state index contributed by atoms with van der Waals surface area (Å²) in [7, 11) is 0. The van der Waals surface area contributed by atoms with Gasteiger partial charge >= 0.3 is 12.4 Å². The normalized spacial score (nSPS) is 21.2. The lowest BCUT2D eigenvalue weighted by Gasteiger charge is -2.16. The fourth-order valence-corrected chi connectivity index (χ4v) is 4.23. The van der Waals surface area contributed by atoms with Crippen molar-refractivity contribution in [2.24, 2.45) is 5.16 Å². The first-order valence-electron chi connectivity index (χ1n) is 9.08. The Kier molecular flexibility index (Phi) is 6.96. The Balaban J connectivity index is 1.89. The van der Waals surface area contributed by atoms with Gasteiger partial charge in [-0.3, -0.25) is 0 Å². The molecule has 31 heavy (non-hydrogen) atoms. The molecule has 3 atom stereocenters. The van der Waals surface area contributed by atoms with Gasteiger partial charge in [0.25, 0.3) is 0 Å². The Bertz CT molecular complexity index is 929. The molecular weight excluding hydrogens is 455 g/mol. The van der Waals surface area contributed by atoms with E-state index < -0.39 is 43.7 Å². The standard InChI is InChI=1S/C18H18F7N3O2S/c19-11-5-26-6-13(11)28-12-3-1-2-9-10(4-17(20,21)22)14(31-16(9)12)7-27-30-8-15(29)18(23,24)25/h1-3,7,11,13,15,26,28-29H,4-6,8H2/b27-7+/t11-,13+,15?/m0/s1. The van der Waals surface area contributed by atoms with Crippen LogP contribution in [-0.4, -0.2) is 61.7 Å². The van der Waals surface area contributed by atoms with Gasteiger partial charge in [0.1, 0.15) is 6.17 Å².